The van der Waals surface area contributed by atoms with Crippen molar-refractivity contribution in [3.05, 3.63) is 76.9 Å². The Morgan fingerprint density at radius 1 is 0.914 bits per heavy atom. The molecule has 384 valence electrons. The Balaban J connectivity index is 1.48. The molecule has 2 heterocycles. The van der Waals surface area contributed by atoms with Gasteiger partial charge < -0.3 is 58.2 Å². The van der Waals surface area contributed by atoms with E-state index in [1.165, 1.54) is 13.8 Å². The molecule has 2 saturated carbocycles. The minimum atomic E-state index is -1.95. The van der Waals surface area contributed by atoms with E-state index in [-0.39, 0.29) is 36.5 Å². The molecule has 0 spiro atoms. The summed E-state index contributed by atoms with van der Waals surface area (Å²) < 4.78 is 57.1. The lowest BCUT2D eigenvalue weighted by atomic mass is 9.46. The zero-order valence-electron chi connectivity index (χ0n) is 42.2. The van der Waals surface area contributed by atoms with Gasteiger partial charge in [-0.05, 0) is 89.3 Å². The van der Waals surface area contributed by atoms with E-state index in [2.05, 4.69) is 10.6 Å². The van der Waals surface area contributed by atoms with Crippen LogP contribution in [0.1, 0.15) is 118 Å². The number of ether oxygens (including phenoxy) is 9. The van der Waals surface area contributed by atoms with Gasteiger partial charge in [0, 0.05) is 43.6 Å². The highest BCUT2D eigenvalue weighted by Crippen LogP contribution is 2.70. The van der Waals surface area contributed by atoms with Crippen molar-refractivity contribution in [1.82, 2.24) is 10.6 Å². The molecule has 3 aliphatic carbocycles. The molecule has 18 nitrogen and oxygen atoms in total. The van der Waals surface area contributed by atoms with Gasteiger partial charge in [-0.25, -0.2) is 14.4 Å². The Hall–Kier alpha value is -5.11. The third-order valence-electron chi connectivity index (χ3n) is 15.0. The van der Waals surface area contributed by atoms with Crippen LogP contribution in [0.25, 0.3) is 0 Å². The van der Waals surface area contributed by atoms with E-state index in [1.54, 1.807) is 103 Å². The van der Waals surface area contributed by atoms with E-state index in [0.717, 1.165) is 0 Å². The van der Waals surface area contributed by atoms with Gasteiger partial charge in [0.15, 0.2) is 18.5 Å². The number of esters is 4. The summed E-state index contributed by atoms with van der Waals surface area (Å²) in [6.45, 7) is 17.7. The summed E-state index contributed by atoms with van der Waals surface area (Å²) in [5, 5.41) is 31.2. The lowest BCUT2D eigenvalue weighted by molar-refractivity contribution is -0.379. The van der Waals surface area contributed by atoms with E-state index in [9.17, 15) is 34.2 Å². The molecule has 7 rings (SSSR count). The average molecular weight is 979 g/mol. The first kappa shape index (κ1) is 52.7. The van der Waals surface area contributed by atoms with Gasteiger partial charge in [-0.2, -0.15) is 0 Å². The number of methoxy groups -OCH3 is 1. The summed E-state index contributed by atoms with van der Waals surface area (Å²) in [4.78, 5) is 68.9. The Labute approximate surface area is 409 Å². The molecule has 0 radical (unpaired) electrons. The number of amides is 1. The fraction of sp³-hybridized carbons (Fsp3) is 0.635. The highest BCUT2D eigenvalue weighted by atomic mass is 16.7. The number of alkyl carbamates (subject to hydrolysis) is 1. The highest BCUT2D eigenvalue weighted by molar-refractivity contribution is 5.89. The van der Waals surface area contributed by atoms with Gasteiger partial charge in [0.05, 0.1) is 54.1 Å². The van der Waals surface area contributed by atoms with Gasteiger partial charge in [-0.15, -0.1) is 0 Å². The van der Waals surface area contributed by atoms with Gasteiger partial charge in [0.2, 0.25) is 0 Å². The van der Waals surface area contributed by atoms with Crippen molar-refractivity contribution in [1.29, 1.82) is 0 Å². The number of rotatable bonds is 15. The molecule has 4 fully saturated rings. The van der Waals surface area contributed by atoms with Crippen LogP contribution < -0.4 is 15.4 Å². The summed E-state index contributed by atoms with van der Waals surface area (Å²) in [7, 11) is 1.55. The Morgan fingerprint density at radius 3 is 2.14 bits per heavy atom. The summed E-state index contributed by atoms with van der Waals surface area (Å²) >= 11 is 0. The number of benzene rings is 2. The van der Waals surface area contributed by atoms with E-state index in [1.807, 2.05) is 20.8 Å². The van der Waals surface area contributed by atoms with Crippen molar-refractivity contribution in [2.75, 3.05) is 20.4 Å². The normalized spacial score (nSPS) is 32.1. The Bertz CT molecular complexity index is 2310. The SMILES string of the molecule is COc1ccc(C2O[C@H]3C[C@H]4OC[C@H]4[C@@]4(NCOC(C)=O)[C@H](OC(=O)c5ccccc5)[C@]5(C(C)(C)O)C[C@H](OC(=O)[C@H](O)[C@H](CC(C)C)NC(=O)OC(C)(C)C)C(C)=C5[C@@H](OC(C)=O)[C@H](O2)[C@]34C)cc1. The number of carbonyl (C=O) groups is 5. The van der Waals surface area contributed by atoms with Crippen molar-refractivity contribution in [2.45, 2.75) is 167 Å². The van der Waals surface area contributed by atoms with E-state index in [0.29, 0.717) is 23.3 Å². The van der Waals surface area contributed by atoms with Crippen LogP contribution in [0.5, 0.6) is 5.75 Å². The molecule has 4 N–H and O–H groups in total. The van der Waals surface area contributed by atoms with Gasteiger partial charge in [-0.1, -0.05) is 51.1 Å². The van der Waals surface area contributed by atoms with Gasteiger partial charge in [0.1, 0.15) is 36.4 Å². The second kappa shape index (κ2) is 19.8. The maximum Gasteiger partial charge on any atom is 0.407 e. The predicted octanol–water partition coefficient (Wildman–Crippen LogP) is 5.61. The monoisotopic (exact) mass is 978 g/mol. The predicted molar refractivity (Wildman–Crippen MR) is 250 cm³/mol. The Kier molecular flexibility index (Phi) is 14.9. The maximum absolute atomic E-state index is 15.0. The molecular weight excluding hydrogens is 909 g/mol. The van der Waals surface area contributed by atoms with E-state index in [4.69, 9.17) is 42.6 Å². The van der Waals surface area contributed by atoms with Crippen LogP contribution >= 0.6 is 0 Å². The minimum Gasteiger partial charge on any atom is -0.497 e. The van der Waals surface area contributed by atoms with Crippen molar-refractivity contribution in [3.63, 3.8) is 0 Å². The molecule has 70 heavy (non-hydrogen) atoms. The maximum atomic E-state index is 15.0. The molecule has 1 amide bonds. The van der Waals surface area contributed by atoms with Crippen molar-refractivity contribution in [3.8, 4) is 5.75 Å². The molecule has 2 aromatic carbocycles. The summed E-state index contributed by atoms with van der Waals surface area (Å²) in [6.07, 6.45) is -10.4. The third kappa shape index (κ3) is 9.54. The summed E-state index contributed by atoms with van der Waals surface area (Å²) in [5.41, 5.74) is -6.41. The van der Waals surface area contributed by atoms with E-state index >= 15 is 0 Å². The number of fused-ring (bicyclic) bond motifs is 3. The zero-order valence-corrected chi connectivity index (χ0v) is 42.2. The Morgan fingerprint density at radius 2 is 1.59 bits per heavy atom. The minimum absolute atomic E-state index is 0.0998. The molecular formula is C52H70N2O16. The number of hydrogen-bond donors (Lipinski definition) is 4. The topological polar surface area (TPSA) is 233 Å². The largest absolute Gasteiger partial charge is 0.497 e. The molecule has 2 aliphatic heterocycles. The standard InChI is InChI=1S/C52H70N2O16/c1-27(2)22-35(54-47(60)70-48(6,7)8)40(57)44(59)66-37-24-51(49(9,10)61)39(28(37)3)41(65-30(5)56)42-50(11)38(67-45(68-42)32-18-20-33(62-12)21-19-32)23-36-34(25-63-36)52(50,53-26-64-29(4)55)46(51)69-43(58)31-16-14-13-15-17-31/h13-21,27,34-38,40-42,45-46,53,57,61H,22-26H2,1-12H3,(H,54,60)/t34-,35+,36-,37+,38+,40-,41-,42+,45?,46-,50+,51+,52-/m1/s1. The van der Waals surface area contributed by atoms with Crippen LogP contribution in [-0.4, -0.2) is 126 Å². The number of hydrogen-bond acceptors (Lipinski definition) is 17. The molecule has 13 atom stereocenters. The van der Waals surface area contributed by atoms with Gasteiger partial charge >= 0.3 is 30.0 Å². The molecule has 2 saturated heterocycles. The lowest BCUT2D eigenvalue weighted by Crippen LogP contribution is -2.85. The second-order valence-corrected chi connectivity index (χ2v) is 21.4. The number of aliphatic hydroxyl groups is 2. The van der Waals surface area contributed by atoms with Crippen molar-refractivity contribution >= 4 is 30.0 Å². The molecule has 5 aliphatic rings. The summed E-state index contributed by atoms with van der Waals surface area (Å²) in [5.74, 6) is -3.30. The van der Waals surface area contributed by atoms with Crippen molar-refractivity contribution in [2.24, 2.45) is 22.7 Å². The molecule has 1 unspecified atom stereocenters. The van der Waals surface area contributed by atoms with Crippen LogP contribution in [0.4, 0.5) is 4.79 Å². The van der Waals surface area contributed by atoms with Crippen LogP contribution in [0.2, 0.25) is 0 Å². The zero-order chi connectivity index (χ0) is 51.3. The number of carbonyl (C=O) groups excluding carboxylic acids is 5. The smallest absolute Gasteiger partial charge is 0.407 e. The van der Waals surface area contributed by atoms with Crippen LogP contribution in [-0.2, 0) is 52.3 Å². The fourth-order valence-corrected chi connectivity index (χ4v) is 11.9. The van der Waals surface area contributed by atoms with Crippen molar-refractivity contribution < 1.29 is 76.8 Å². The van der Waals surface area contributed by atoms with Crippen LogP contribution in [0.3, 0.4) is 0 Å². The lowest BCUT2D eigenvalue weighted by Gasteiger charge is -2.70. The second-order valence-electron chi connectivity index (χ2n) is 21.4. The first-order chi connectivity index (χ1) is 32.8. The molecule has 0 aromatic heterocycles. The van der Waals surface area contributed by atoms with Gasteiger partial charge in [-0.3, -0.25) is 14.9 Å². The molecule has 18 heteroatoms. The van der Waals surface area contributed by atoms with Crippen LogP contribution in [0, 0.1) is 22.7 Å². The first-order valence-corrected chi connectivity index (χ1v) is 24.0. The summed E-state index contributed by atoms with van der Waals surface area (Å²) in [6, 6.07) is 14.2. The first-order valence-electron chi connectivity index (χ1n) is 24.0. The average Bonchev–Trinajstić information content (AvgIpc) is 3.53. The number of aliphatic hydroxyl groups excluding tert-OH is 1. The fourth-order valence-electron chi connectivity index (χ4n) is 11.9. The number of nitrogens with one attached hydrogen (secondary N) is 2. The van der Waals surface area contributed by atoms with Crippen LogP contribution in [0.15, 0.2) is 65.7 Å². The highest BCUT2D eigenvalue weighted by Gasteiger charge is 2.82. The van der Waals surface area contributed by atoms with Gasteiger partial charge in [0.25, 0.3) is 0 Å². The van der Waals surface area contributed by atoms with E-state index < -0.39 is 125 Å². The quantitative estimate of drug-likeness (QED) is 0.0735. The third-order valence-corrected chi connectivity index (χ3v) is 15.0. The molecule has 0 bridgehead atoms. The molecule has 2 aromatic rings.